The van der Waals surface area contributed by atoms with Crippen LogP contribution in [0.15, 0.2) is 0 Å². The van der Waals surface area contributed by atoms with Crippen LogP contribution in [0.1, 0.15) is 12.8 Å². The van der Waals surface area contributed by atoms with Gasteiger partial charge in [0, 0.05) is 39.2 Å². The number of ether oxygens (including phenoxy) is 2. The zero-order valence-electron chi connectivity index (χ0n) is 12.4. The number of hydrogen-bond donors (Lipinski definition) is 1. The summed E-state index contributed by atoms with van der Waals surface area (Å²) in [5.74, 6) is -1.22. The predicted octanol–water partition coefficient (Wildman–Crippen LogP) is 0.0244. The molecule has 1 heterocycles. The Morgan fingerprint density at radius 2 is 1.90 bits per heavy atom. The van der Waals surface area contributed by atoms with Gasteiger partial charge in [-0.3, -0.25) is 9.59 Å². The molecule has 21 heavy (non-hydrogen) atoms. The highest BCUT2D eigenvalue weighted by molar-refractivity contribution is 5.77. The zero-order chi connectivity index (χ0) is 15.8. The lowest BCUT2D eigenvalue weighted by Gasteiger charge is -2.41. The van der Waals surface area contributed by atoms with E-state index >= 15 is 0 Å². The minimum Gasteiger partial charge on any atom is -0.481 e. The van der Waals surface area contributed by atoms with Gasteiger partial charge in [0.05, 0.1) is 26.6 Å². The molecule has 2 amide bonds. The van der Waals surface area contributed by atoms with Crippen LogP contribution >= 0.6 is 0 Å². The lowest BCUT2D eigenvalue weighted by molar-refractivity contribution is -0.141. The minimum atomic E-state index is -0.853. The Hall–Kier alpha value is -1.83. The van der Waals surface area contributed by atoms with Gasteiger partial charge in [-0.15, -0.1) is 0 Å². The Bertz CT molecular complexity index is 381. The number of amides is 2. The van der Waals surface area contributed by atoms with Crippen molar-refractivity contribution < 1.29 is 29.0 Å². The van der Waals surface area contributed by atoms with Crippen molar-refractivity contribution in [1.29, 1.82) is 0 Å². The second-order valence-electron chi connectivity index (χ2n) is 4.96. The number of urea groups is 1. The topological polar surface area (TPSA) is 96.4 Å². The highest BCUT2D eigenvalue weighted by Crippen LogP contribution is 2.20. The lowest BCUT2D eigenvalue weighted by Crippen LogP contribution is -2.56. The summed E-state index contributed by atoms with van der Waals surface area (Å²) < 4.78 is 9.51. The first-order valence-electron chi connectivity index (χ1n) is 6.79. The molecule has 120 valence electrons. The van der Waals surface area contributed by atoms with Crippen LogP contribution in [0.25, 0.3) is 0 Å². The average Bonchev–Trinajstić information content (AvgIpc) is 2.41. The molecule has 0 saturated carbocycles. The maximum Gasteiger partial charge on any atom is 0.320 e. The van der Waals surface area contributed by atoms with Crippen molar-refractivity contribution in [2.75, 3.05) is 47.0 Å². The van der Waals surface area contributed by atoms with E-state index in [2.05, 4.69) is 4.74 Å². The molecule has 0 radical (unpaired) electrons. The maximum absolute atomic E-state index is 12.3. The van der Waals surface area contributed by atoms with Crippen molar-refractivity contribution in [2.45, 2.75) is 12.8 Å². The molecule has 1 fully saturated rings. The normalized spacial score (nSPS) is 14.5. The third-order valence-electron chi connectivity index (χ3n) is 3.34. The Morgan fingerprint density at radius 3 is 2.43 bits per heavy atom. The van der Waals surface area contributed by atoms with Gasteiger partial charge in [0.1, 0.15) is 0 Å². The second kappa shape index (κ2) is 8.46. The number of hydrogen-bond acceptors (Lipinski definition) is 5. The van der Waals surface area contributed by atoms with Crippen molar-refractivity contribution in [1.82, 2.24) is 9.80 Å². The zero-order valence-corrected chi connectivity index (χ0v) is 12.4. The molecule has 0 aromatic rings. The molecule has 0 aromatic carbocycles. The summed E-state index contributed by atoms with van der Waals surface area (Å²) in [6, 6.07) is -0.197. The van der Waals surface area contributed by atoms with Crippen LogP contribution in [0.3, 0.4) is 0 Å². The fraction of sp³-hybridized carbons (Fsp3) is 0.769. The number of carbonyl (C=O) groups is 3. The minimum absolute atomic E-state index is 0.0105. The van der Waals surface area contributed by atoms with Gasteiger partial charge in [0.2, 0.25) is 0 Å². The number of methoxy groups -OCH3 is 2. The molecular formula is C13H22N2O6. The van der Waals surface area contributed by atoms with E-state index in [0.717, 1.165) is 0 Å². The average molecular weight is 302 g/mol. The van der Waals surface area contributed by atoms with Crippen LogP contribution in [-0.2, 0) is 19.1 Å². The van der Waals surface area contributed by atoms with Crippen molar-refractivity contribution in [3.8, 4) is 0 Å². The molecule has 1 rings (SSSR count). The number of aliphatic carboxylic acids is 1. The van der Waals surface area contributed by atoms with Crippen molar-refractivity contribution in [2.24, 2.45) is 5.92 Å². The van der Waals surface area contributed by atoms with E-state index in [1.54, 1.807) is 4.90 Å². The molecule has 0 spiro atoms. The van der Waals surface area contributed by atoms with Crippen LogP contribution in [0.4, 0.5) is 4.79 Å². The number of rotatable bonds is 8. The van der Waals surface area contributed by atoms with Crippen molar-refractivity contribution in [3.05, 3.63) is 0 Å². The number of esters is 1. The standard InChI is InChI=1S/C13H22N2O6/c1-20-6-5-14(4-3-12(18)21-2)13(19)15-8-10(9-15)7-11(16)17/h10H,3-9H2,1-2H3,(H,16,17). The summed E-state index contributed by atoms with van der Waals surface area (Å²) in [5, 5.41) is 8.69. The summed E-state index contributed by atoms with van der Waals surface area (Å²) in [5.41, 5.74) is 0. The van der Waals surface area contributed by atoms with E-state index in [-0.39, 0.29) is 37.3 Å². The molecular weight excluding hydrogens is 280 g/mol. The van der Waals surface area contributed by atoms with E-state index in [1.165, 1.54) is 19.1 Å². The third-order valence-corrected chi connectivity index (χ3v) is 3.34. The molecule has 8 heteroatoms. The Morgan fingerprint density at radius 1 is 1.24 bits per heavy atom. The third kappa shape index (κ3) is 5.58. The number of likely N-dealkylation sites (tertiary alicyclic amines) is 1. The van der Waals surface area contributed by atoms with Gasteiger partial charge in [-0.2, -0.15) is 0 Å². The highest BCUT2D eigenvalue weighted by atomic mass is 16.5. The van der Waals surface area contributed by atoms with E-state index in [0.29, 0.717) is 26.2 Å². The SMILES string of the molecule is COCCN(CCC(=O)OC)C(=O)N1CC(CC(=O)O)C1. The van der Waals surface area contributed by atoms with Crippen LogP contribution in [0.2, 0.25) is 0 Å². The number of carboxylic acid groups (broad SMARTS) is 1. The second-order valence-corrected chi connectivity index (χ2v) is 4.96. The van der Waals surface area contributed by atoms with E-state index in [1.807, 2.05) is 0 Å². The smallest absolute Gasteiger partial charge is 0.320 e. The largest absolute Gasteiger partial charge is 0.481 e. The maximum atomic E-state index is 12.3. The number of carbonyl (C=O) groups excluding carboxylic acids is 2. The summed E-state index contributed by atoms with van der Waals surface area (Å²) in [6.45, 7) is 1.89. The first kappa shape index (κ1) is 17.2. The first-order valence-corrected chi connectivity index (χ1v) is 6.79. The molecule has 1 aliphatic heterocycles. The van der Waals surface area contributed by atoms with Crippen LogP contribution in [-0.4, -0.2) is 79.9 Å². The van der Waals surface area contributed by atoms with E-state index < -0.39 is 5.97 Å². The Labute approximate surface area is 123 Å². The van der Waals surface area contributed by atoms with Crippen LogP contribution in [0.5, 0.6) is 0 Å². The molecule has 0 unspecified atom stereocenters. The van der Waals surface area contributed by atoms with Gasteiger partial charge in [-0.05, 0) is 0 Å². The fourth-order valence-electron chi connectivity index (χ4n) is 2.13. The summed E-state index contributed by atoms with van der Waals surface area (Å²) in [4.78, 5) is 37.1. The molecule has 0 bridgehead atoms. The highest BCUT2D eigenvalue weighted by Gasteiger charge is 2.34. The Balaban J connectivity index is 2.44. The molecule has 1 saturated heterocycles. The van der Waals surface area contributed by atoms with Crippen molar-refractivity contribution in [3.63, 3.8) is 0 Å². The van der Waals surface area contributed by atoms with Gasteiger partial charge in [0.25, 0.3) is 0 Å². The summed E-state index contributed by atoms with van der Waals surface area (Å²) in [7, 11) is 2.84. The van der Waals surface area contributed by atoms with Gasteiger partial charge >= 0.3 is 18.0 Å². The van der Waals surface area contributed by atoms with Crippen LogP contribution in [0, 0.1) is 5.92 Å². The molecule has 0 atom stereocenters. The predicted molar refractivity (Wildman–Crippen MR) is 72.8 cm³/mol. The summed E-state index contributed by atoms with van der Waals surface area (Å²) >= 11 is 0. The van der Waals surface area contributed by atoms with Gasteiger partial charge < -0.3 is 24.4 Å². The monoisotopic (exact) mass is 302 g/mol. The first-order chi connectivity index (χ1) is 9.97. The molecule has 8 nitrogen and oxygen atoms in total. The number of nitrogens with zero attached hydrogens (tertiary/aromatic N) is 2. The van der Waals surface area contributed by atoms with Gasteiger partial charge in [-0.25, -0.2) is 4.79 Å². The van der Waals surface area contributed by atoms with E-state index in [4.69, 9.17) is 9.84 Å². The van der Waals surface area contributed by atoms with E-state index in [9.17, 15) is 14.4 Å². The summed E-state index contributed by atoms with van der Waals surface area (Å²) in [6.07, 6.45) is 0.197. The molecule has 0 aliphatic carbocycles. The van der Waals surface area contributed by atoms with Gasteiger partial charge in [0.15, 0.2) is 0 Å². The molecule has 1 N–H and O–H groups in total. The van der Waals surface area contributed by atoms with Gasteiger partial charge in [-0.1, -0.05) is 0 Å². The number of carboxylic acids is 1. The quantitative estimate of drug-likeness (QED) is 0.635. The molecule has 0 aromatic heterocycles. The van der Waals surface area contributed by atoms with Crippen LogP contribution < -0.4 is 0 Å². The molecule has 1 aliphatic rings. The van der Waals surface area contributed by atoms with Crippen molar-refractivity contribution >= 4 is 18.0 Å². The Kier molecular flexibility index (Phi) is 6.93. The lowest BCUT2D eigenvalue weighted by atomic mass is 9.97. The fourth-order valence-corrected chi connectivity index (χ4v) is 2.13.